The number of hydrogen-bond donors (Lipinski definition) is 2. The van der Waals surface area contributed by atoms with E-state index in [1.807, 2.05) is 6.07 Å². The van der Waals surface area contributed by atoms with Crippen LogP contribution in [0.5, 0.6) is 0 Å². The van der Waals surface area contributed by atoms with Gasteiger partial charge in [0.1, 0.15) is 0 Å². The maximum Gasteiger partial charge on any atom is 0.338 e. The van der Waals surface area contributed by atoms with Crippen molar-refractivity contribution in [3.63, 3.8) is 0 Å². The summed E-state index contributed by atoms with van der Waals surface area (Å²) in [6.45, 7) is 4.95. The van der Waals surface area contributed by atoms with Crippen molar-refractivity contribution in [1.29, 1.82) is 0 Å². The third-order valence-electron chi connectivity index (χ3n) is 3.59. The third-order valence-corrected chi connectivity index (χ3v) is 3.59. The van der Waals surface area contributed by atoms with Gasteiger partial charge >= 0.3 is 5.97 Å². The van der Waals surface area contributed by atoms with E-state index in [2.05, 4.69) is 11.8 Å². The van der Waals surface area contributed by atoms with Crippen LogP contribution in [0.3, 0.4) is 0 Å². The van der Waals surface area contributed by atoms with Crippen molar-refractivity contribution in [1.82, 2.24) is 4.90 Å². The fourth-order valence-electron chi connectivity index (χ4n) is 2.50. The zero-order chi connectivity index (χ0) is 13.8. The minimum atomic E-state index is -0.964. The van der Waals surface area contributed by atoms with E-state index in [1.165, 1.54) is 0 Å². The molecule has 2 rings (SSSR count). The van der Waals surface area contributed by atoms with E-state index >= 15 is 0 Å². The zero-order valence-electron chi connectivity index (χ0n) is 11.1. The Morgan fingerprint density at radius 1 is 1.58 bits per heavy atom. The lowest BCUT2D eigenvalue weighted by atomic mass is 10.0. The Balaban J connectivity index is 2.22. The molecule has 0 aliphatic carbocycles. The molecule has 3 N–H and O–H groups in total. The summed E-state index contributed by atoms with van der Waals surface area (Å²) < 4.78 is 5.46. The molecule has 1 unspecified atom stereocenters. The average Bonchev–Trinajstić information content (AvgIpc) is 2.39. The Labute approximate surface area is 113 Å². The van der Waals surface area contributed by atoms with Gasteiger partial charge in [-0.25, -0.2) is 4.79 Å². The van der Waals surface area contributed by atoms with Crippen LogP contribution in [-0.2, 0) is 11.3 Å². The first-order chi connectivity index (χ1) is 9.13. The normalized spacial score (nSPS) is 20.4. The molecule has 1 saturated heterocycles. The van der Waals surface area contributed by atoms with E-state index in [1.54, 1.807) is 12.1 Å². The number of benzene rings is 1. The summed E-state index contributed by atoms with van der Waals surface area (Å²) in [5.74, 6) is -0.964. The Morgan fingerprint density at radius 2 is 2.37 bits per heavy atom. The van der Waals surface area contributed by atoms with Gasteiger partial charge in [0, 0.05) is 24.8 Å². The molecule has 1 aromatic rings. The number of carbonyl (C=O) groups is 1. The smallest absolute Gasteiger partial charge is 0.338 e. The minimum Gasteiger partial charge on any atom is -0.478 e. The van der Waals surface area contributed by atoms with Crippen molar-refractivity contribution in [2.45, 2.75) is 25.9 Å². The summed E-state index contributed by atoms with van der Waals surface area (Å²) in [5.41, 5.74) is 7.09. The van der Waals surface area contributed by atoms with Crippen molar-refractivity contribution in [3.05, 3.63) is 29.3 Å². The lowest BCUT2D eigenvalue weighted by molar-refractivity contribution is -0.0128. The molecule has 1 atom stereocenters. The molecular weight excluding hydrogens is 244 g/mol. The van der Waals surface area contributed by atoms with Crippen molar-refractivity contribution >= 4 is 11.7 Å². The second-order valence-electron chi connectivity index (χ2n) is 4.79. The molecule has 0 aromatic heterocycles. The fraction of sp³-hybridized carbons (Fsp3) is 0.500. The predicted octanol–water partition coefficient (Wildman–Crippen LogP) is 1.58. The molecule has 1 aromatic carbocycles. The molecular formula is C14H20N2O3. The van der Waals surface area contributed by atoms with Crippen molar-refractivity contribution < 1.29 is 14.6 Å². The van der Waals surface area contributed by atoms with E-state index in [-0.39, 0.29) is 5.56 Å². The van der Waals surface area contributed by atoms with Crippen molar-refractivity contribution in [3.8, 4) is 0 Å². The number of nitrogens with zero attached hydrogens (tertiary/aromatic N) is 1. The van der Waals surface area contributed by atoms with Gasteiger partial charge in [0.25, 0.3) is 0 Å². The molecule has 0 saturated carbocycles. The molecule has 104 valence electrons. The van der Waals surface area contributed by atoms with Crippen LogP contribution < -0.4 is 5.73 Å². The van der Waals surface area contributed by atoms with Gasteiger partial charge in [0.15, 0.2) is 0 Å². The highest BCUT2D eigenvalue weighted by Gasteiger charge is 2.23. The molecule has 5 heteroatoms. The first-order valence-electron chi connectivity index (χ1n) is 6.56. The molecule has 1 aliphatic heterocycles. The first kappa shape index (κ1) is 13.8. The lowest BCUT2D eigenvalue weighted by Crippen LogP contribution is -2.44. The SMILES string of the molecule is CCC1COCCN1Cc1cccc(N)c1C(=O)O. The molecule has 0 bridgehead atoms. The number of anilines is 1. The zero-order valence-corrected chi connectivity index (χ0v) is 11.1. The lowest BCUT2D eigenvalue weighted by Gasteiger charge is -2.35. The number of carboxylic acid groups (broad SMARTS) is 1. The quantitative estimate of drug-likeness (QED) is 0.807. The van der Waals surface area contributed by atoms with Gasteiger partial charge in [0.05, 0.1) is 18.8 Å². The van der Waals surface area contributed by atoms with Crippen LogP contribution in [0, 0.1) is 0 Å². The fourth-order valence-corrected chi connectivity index (χ4v) is 2.50. The first-order valence-corrected chi connectivity index (χ1v) is 6.56. The highest BCUT2D eigenvalue weighted by atomic mass is 16.5. The van der Waals surface area contributed by atoms with Gasteiger partial charge in [0.2, 0.25) is 0 Å². The summed E-state index contributed by atoms with van der Waals surface area (Å²) in [6.07, 6.45) is 0.991. The van der Waals surface area contributed by atoms with Gasteiger partial charge in [-0.2, -0.15) is 0 Å². The van der Waals surface area contributed by atoms with Crippen LogP contribution in [0.15, 0.2) is 18.2 Å². The molecule has 0 radical (unpaired) electrons. The van der Waals surface area contributed by atoms with Crippen LogP contribution in [0.25, 0.3) is 0 Å². The van der Waals surface area contributed by atoms with Crippen molar-refractivity contribution in [2.75, 3.05) is 25.5 Å². The summed E-state index contributed by atoms with van der Waals surface area (Å²) in [5, 5.41) is 9.28. The largest absolute Gasteiger partial charge is 0.478 e. The third kappa shape index (κ3) is 3.05. The summed E-state index contributed by atoms with van der Waals surface area (Å²) in [6, 6.07) is 5.61. The van der Waals surface area contributed by atoms with E-state index in [4.69, 9.17) is 10.5 Å². The van der Waals surface area contributed by atoms with Gasteiger partial charge in [-0.1, -0.05) is 19.1 Å². The second kappa shape index (κ2) is 6.04. The van der Waals surface area contributed by atoms with Crippen molar-refractivity contribution in [2.24, 2.45) is 0 Å². The number of ether oxygens (including phenoxy) is 1. The van der Waals surface area contributed by atoms with Crippen LogP contribution in [0.1, 0.15) is 29.3 Å². The minimum absolute atomic E-state index is 0.226. The molecule has 1 heterocycles. The van der Waals surface area contributed by atoms with Gasteiger partial charge < -0.3 is 15.6 Å². The average molecular weight is 264 g/mol. The molecule has 1 fully saturated rings. The number of rotatable bonds is 4. The van der Waals surface area contributed by atoms with E-state index < -0.39 is 5.97 Å². The second-order valence-corrected chi connectivity index (χ2v) is 4.79. The molecule has 1 aliphatic rings. The Hall–Kier alpha value is -1.59. The van der Waals surface area contributed by atoms with Crippen LogP contribution in [0.4, 0.5) is 5.69 Å². The topological polar surface area (TPSA) is 75.8 Å². The van der Waals surface area contributed by atoms with E-state index in [0.717, 1.165) is 18.5 Å². The molecule has 0 amide bonds. The molecule has 0 spiro atoms. The number of carboxylic acids is 1. The van der Waals surface area contributed by atoms with E-state index in [9.17, 15) is 9.90 Å². The number of aromatic carboxylic acids is 1. The van der Waals surface area contributed by atoms with Crippen LogP contribution in [-0.4, -0.2) is 41.8 Å². The molecule has 5 nitrogen and oxygen atoms in total. The number of hydrogen-bond acceptors (Lipinski definition) is 4. The summed E-state index contributed by atoms with van der Waals surface area (Å²) in [7, 11) is 0. The van der Waals surface area contributed by atoms with Gasteiger partial charge in [-0.3, -0.25) is 4.90 Å². The maximum absolute atomic E-state index is 11.3. The highest BCUT2D eigenvalue weighted by molar-refractivity contribution is 5.95. The Bertz CT molecular complexity index is 462. The van der Waals surface area contributed by atoms with Crippen LogP contribution in [0.2, 0.25) is 0 Å². The number of morpholine rings is 1. The van der Waals surface area contributed by atoms with E-state index in [0.29, 0.717) is 31.5 Å². The monoisotopic (exact) mass is 264 g/mol. The van der Waals surface area contributed by atoms with Crippen LogP contribution >= 0.6 is 0 Å². The summed E-state index contributed by atoms with van der Waals surface area (Å²) in [4.78, 5) is 13.6. The predicted molar refractivity (Wildman–Crippen MR) is 73.1 cm³/mol. The molecule has 19 heavy (non-hydrogen) atoms. The maximum atomic E-state index is 11.3. The number of nitrogen functional groups attached to an aromatic ring is 1. The Kier molecular flexibility index (Phi) is 4.39. The summed E-state index contributed by atoms with van der Waals surface area (Å²) >= 11 is 0. The number of nitrogens with two attached hydrogens (primary N) is 1. The Morgan fingerprint density at radius 3 is 3.05 bits per heavy atom. The standard InChI is InChI=1S/C14H20N2O3/c1-2-11-9-19-7-6-16(11)8-10-4-3-5-12(15)13(10)14(17)18/h3-5,11H,2,6-9,15H2,1H3,(H,17,18). The van der Waals surface area contributed by atoms with Gasteiger partial charge in [-0.05, 0) is 18.1 Å². The highest BCUT2D eigenvalue weighted by Crippen LogP contribution is 2.21. The van der Waals surface area contributed by atoms with Gasteiger partial charge in [-0.15, -0.1) is 0 Å².